The van der Waals surface area contributed by atoms with Crippen LogP contribution in [0.25, 0.3) is 0 Å². The van der Waals surface area contributed by atoms with Gasteiger partial charge < -0.3 is 11.1 Å². The fraction of sp³-hybridized carbons (Fsp3) is 0.538. The molecule has 16 heavy (non-hydrogen) atoms. The minimum absolute atomic E-state index is 0.789. The average Bonchev–Trinajstić information content (AvgIpc) is 2.20. The molecule has 0 saturated carbocycles. The van der Waals surface area contributed by atoms with E-state index in [1.54, 1.807) is 0 Å². The maximum Gasteiger partial charge on any atom is 0.0486 e. The van der Waals surface area contributed by atoms with E-state index in [9.17, 15) is 0 Å². The van der Waals surface area contributed by atoms with Crippen LogP contribution in [0.15, 0.2) is 22.7 Å². The first-order chi connectivity index (χ1) is 7.59. The molecule has 3 heteroatoms. The van der Waals surface area contributed by atoms with Gasteiger partial charge in [0.05, 0.1) is 0 Å². The average molecular weight is 285 g/mol. The first-order valence-corrected chi connectivity index (χ1v) is 6.68. The summed E-state index contributed by atoms with van der Waals surface area (Å²) in [6.45, 7) is 5.56. The Hall–Kier alpha value is -0.700. The second-order valence-electron chi connectivity index (χ2n) is 4.56. The lowest BCUT2D eigenvalue weighted by molar-refractivity contribution is 0.545. The van der Waals surface area contributed by atoms with Crippen LogP contribution in [0.2, 0.25) is 0 Å². The first-order valence-electron chi connectivity index (χ1n) is 5.88. The summed E-state index contributed by atoms with van der Waals surface area (Å²) in [6, 6.07) is 5.86. The molecule has 1 aromatic rings. The van der Waals surface area contributed by atoms with Crippen LogP contribution in [0, 0.1) is 5.92 Å². The van der Waals surface area contributed by atoms with Crippen molar-refractivity contribution < 1.29 is 0 Å². The molecule has 0 amide bonds. The SMILES string of the molecule is CC(C)CCCCNc1ccc(N)cc1Br. The summed E-state index contributed by atoms with van der Waals surface area (Å²) >= 11 is 3.50. The molecular weight excluding hydrogens is 264 g/mol. The highest BCUT2D eigenvalue weighted by Gasteiger charge is 1.99. The van der Waals surface area contributed by atoms with Gasteiger partial charge in [-0.15, -0.1) is 0 Å². The van der Waals surface area contributed by atoms with Crippen molar-refractivity contribution in [3.05, 3.63) is 22.7 Å². The molecule has 0 saturated heterocycles. The summed E-state index contributed by atoms with van der Waals surface area (Å²) in [4.78, 5) is 0. The van der Waals surface area contributed by atoms with E-state index in [2.05, 4.69) is 35.1 Å². The Balaban J connectivity index is 2.27. The van der Waals surface area contributed by atoms with Gasteiger partial charge in [-0.3, -0.25) is 0 Å². The van der Waals surface area contributed by atoms with Crippen molar-refractivity contribution in [2.45, 2.75) is 33.1 Å². The lowest BCUT2D eigenvalue weighted by atomic mass is 10.1. The van der Waals surface area contributed by atoms with Gasteiger partial charge in [0.1, 0.15) is 0 Å². The van der Waals surface area contributed by atoms with Gasteiger partial charge in [0.25, 0.3) is 0 Å². The van der Waals surface area contributed by atoms with E-state index >= 15 is 0 Å². The quantitative estimate of drug-likeness (QED) is 0.605. The van der Waals surface area contributed by atoms with E-state index in [1.807, 2.05) is 18.2 Å². The molecule has 0 aliphatic carbocycles. The summed E-state index contributed by atoms with van der Waals surface area (Å²) in [5, 5.41) is 3.41. The molecule has 1 rings (SSSR count). The Labute approximate surface area is 107 Å². The van der Waals surface area contributed by atoms with Crippen LogP contribution in [-0.4, -0.2) is 6.54 Å². The predicted molar refractivity (Wildman–Crippen MR) is 75.7 cm³/mol. The van der Waals surface area contributed by atoms with Gasteiger partial charge in [-0.2, -0.15) is 0 Å². The molecule has 3 N–H and O–H groups in total. The third-order valence-corrected chi connectivity index (χ3v) is 3.17. The third-order valence-electron chi connectivity index (χ3n) is 2.52. The van der Waals surface area contributed by atoms with Gasteiger partial charge in [0.15, 0.2) is 0 Å². The summed E-state index contributed by atoms with van der Waals surface area (Å²) in [7, 11) is 0. The second kappa shape index (κ2) is 6.79. The van der Waals surface area contributed by atoms with Crippen molar-refractivity contribution in [1.82, 2.24) is 0 Å². The minimum atomic E-state index is 0.789. The normalized spacial score (nSPS) is 10.8. The number of nitrogens with one attached hydrogen (secondary N) is 1. The number of nitrogen functional groups attached to an aromatic ring is 1. The highest BCUT2D eigenvalue weighted by Crippen LogP contribution is 2.24. The number of unbranched alkanes of at least 4 members (excludes halogenated alkanes) is 1. The molecule has 0 atom stereocenters. The van der Waals surface area contributed by atoms with Gasteiger partial charge in [-0.05, 0) is 46.5 Å². The highest BCUT2D eigenvalue weighted by molar-refractivity contribution is 9.10. The Kier molecular flexibility index (Phi) is 5.67. The molecule has 0 fully saturated rings. The fourth-order valence-corrected chi connectivity index (χ4v) is 2.11. The number of benzene rings is 1. The van der Waals surface area contributed by atoms with Crippen LogP contribution >= 0.6 is 15.9 Å². The maximum atomic E-state index is 5.68. The monoisotopic (exact) mass is 284 g/mol. The second-order valence-corrected chi connectivity index (χ2v) is 5.41. The van der Waals surface area contributed by atoms with Crippen LogP contribution in [0.3, 0.4) is 0 Å². The minimum Gasteiger partial charge on any atom is -0.399 e. The fourth-order valence-electron chi connectivity index (χ4n) is 1.58. The van der Waals surface area contributed by atoms with E-state index in [0.717, 1.165) is 28.3 Å². The zero-order valence-corrected chi connectivity index (χ0v) is 11.7. The van der Waals surface area contributed by atoms with E-state index in [1.165, 1.54) is 19.3 Å². The van der Waals surface area contributed by atoms with E-state index in [0.29, 0.717) is 0 Å². The smallest absolute Gasteiger partial charge is 0.0486 e. The van der Waals surface area contributed by atoms with Crippen molar-refractivity contribution in [2.75, 3.05) is 17.6 Å². The molecule has 0 heterocycles. The Bertz CT molecular complexity index is 324. The Morgan fingerprint density at radius 1 is 1.31 bits per heavy atom. The van der Waals surface area contributed by atoms with E-state index in [-0.39, 0.29) is 0 Å². The van der Waals surface area contributed by atoms with Crippen molar-refractivity contribution in [3.63, 3.8) is 0 Å². The van der Waals surface area contributed by atoms with Crippen LogP contribution in [0.5, 0.6) is 0 Å². The summed E-state index contributed by atoms with van der Waals surface area (Å²) in [5.74, 6) is 0.809. The molecule has 90 valence electrons. The standard InChI is InChI=1S/C13H21BrN2/c1-10(2)5-3-4-8-16-13-7-6-11(15)9-12(13)14/h6-7,9-10,16H,3-5,8,15H2,1-2H3. The molecule has 0 radical (unpaired) electrons. The number of halogens is 1. The van der Waals surface area contributed by atoms with Gasteiger partial charge in [-0.25, -0.2) is 0 Å². The number of hydrogen-bond acceptors (Lipinski definition) is 2. The zero-order chi connectivity index (χ0) is 12.0. The van der Waals surface area contributed by atoms with Gasteiger partial charge in [0, 0.05) is 22.4 Å². The lowest BCUT2D eigenvalue weighted by Gasteiger charge is -2.09. The van der Waals surface area contributed by atoms with E-state index in [4.69, 9.17) is 5.73 Å². The Morgan fingerprint density at radius 2 is 2.06 bits per heavy atom. The molecule has 0 aliphatic heterocycles. The van der Waals surface area contributed by atoms with Crippen molar-refractivity contribution >= 4 is 27.3 Å². The Morgan fingerprint density at radius 3 is 2.69 bits per heavy atom. The van der Waals surface area contributed by atoms with Crippen LogP contribution in [-0.2, 0) is 0 Å². The highest BCUT2D eigenvalue weighted by atomic mass is 79.9. The largest absolute Gasteiger partial charge is 0.399 e. The van der Waals surface area contributed by atoms with Gasteiger partial charge in [0.2, 0.25) is 0 Å². The predicted octanol–water partition coefficient (Wildman–Crippen LogP) is 4.27. The number of hydrogen-bond donors (Lipinski definition) is 2. The van der Waals surface area contributed by atoms with Crippen LogP contribution in [0.1, 0.15) is 33.1 Å². The first kappa shape index (κ1) is 13.4. The molecule has 0 aliphatic rings. The van der Waals surface area contributed by atoms with Crippen LogP contribution in [0.4, 0.5) is 11.4 Å². The van der Waals surface area contributed by atoms with Crippen molar-refractivity contribution in [3.8, 4) is 0 Å². The van der Waals surface area contributed by atoms with Crippen molar-refractivity contribution in [1.29, 1.82) is 0 Å². The lowest BCUT2D eigenvalue weighted by Crippen LogP contribution is -2.03. The van der Waals surface area contributed by atoms with E-state index < -0.39 is 0 Å². The van der Waals surface area contributed by atoms with Crippen LogP contribution < -0.4 is 11.1 Å². The molecule has 1 aromatic carbocycles. The van der Waals surface area contributed by atoms with Crippen molar-refractivity contribution in [2.24, 2.45) is 5.92 Å². The summed E-state index contributed by atoms with van der Waals surface area (Å²) in [6.07, 6.45) is 3.82. The number of rotatable bonds is 6. The molecule has 0 spiro atoms. The van der Waals surface area contributed by atoms with Gasteiger partial charge in [-0.1, -0.05) is 26.7 Å². The maximum absolute atomic E-state index is 5.68. The molecule has 0 unspecified atom stereocenters. The molecular formula is C13H21BrN2. The zero-order valence-electron chi connectivity index (χ0n) is 10.1. The number of nitrogens with two attached hydrogens (primary N) is 1. The molecule has 0 bridgehead atoms. The van der Waals surface area contributed by atoms with Gasteiger partial charge >= 0.3 is 0 Å². The number of anilines is 2. The topological polar surface area (TPSA) is 38.0 Å². The summed E-state index contributed by atoms with van der Waals surface area (Å²) in [5.41, 5.74) is 7.59. The molecule has 0 aromatic heterocycles. The molecule has 2 nitrogen and oxygen atoms in total. The summed E-state index contributed by atoms with van der Waals surface area (Å²) < 4.78 is 1.04. The third kappa shape index (κ3) is 4.88.